The zero-order valence-electron chi connectivity index (χ0n) is 16.8. The van der Waals surface area contributed by atoms with Gasteiger partial charge in [0.15, 0.2) is 0 Å². The van der Waals surface area contributed by atoms with Crippen LogP contribution in [0.1, 0.15) is 31.9 Å². The van der Waals surface area contributed by atoms with Crippen molar-refractivity contribution in [2.75, 3.05) is 18.4 Å². The van der Waals surface area contributed by atoms with Gasteiger partial charge in [0, 0.05) is 24.5 Å². The van der Waals surface area contributed by atoms with Crippen LogP contribution in [0.5, 0.6) is 5.75 Å². The summed E-state index contributed by atoms with van der Waals surface area (Å²) < 4.78 is 7.81. The molecule has 1 unspecified atom stereocenters. The number of rotatable bonds is 7. The Balaban J connectivity index is 1.26. The van der Waals surface area contributed by atoms with Crippen LogP contribution in [-0.4, -0.2) is 28.4 Å². The van der Waals surface area contributed by atoms with Gasteiger partial charge in [-0.15, -0.1) is 0 Å². The summed E-state index contributed by atoms with van der Waals surface area (Å²) in [6.07, 6.45) is 6.82. The predicted molar refractivity (Wildman–Crippen MR) is 114 cm³/mol. The van der Waals surface area contributed by atoms with Gasteiger partial charge in [-0.05, 0) is 74.2 Å². The number of hydrogen-bond donors (Lipinski definition) is 2. The van der Waals surface area contributed by atoms with Gasteiger partial charge in [-0.3, -0.25) is 4.79 Å². The Hall–Kier alpha value is -2.86. The third-order valence-electron chi connectivity index (χ3n) is 5.63. The van der Waals surface area contributed by atoms with E-state index in [1.165, 1.54) is 0 Å². The summed E-state index contributed by atoms with van der Waals surface area (Å²) in [4.78, 5) is 16.9. The number of anilines is 1. The van der Waals surface area contributed by atoms with Crippen LogP contribution in [0.25, 0.3) is 5.65 Å². The Morgan fingerprint density at radius 1 is 1.24 bits per heavy atom. The minimum atomic E-state index is 0.0781. The molecule has 2 N–H and O–H groups in total. The number of amides is 1. The van der Waals surface area contributed by atoms with Crippen LogP contribution >= 0.6 is 0 Å². The fraction of sp³-hybridized carbons (Fsp3) is 0.391. The van der Waals surface area contributed by atoms with E-state index in [1.807, 2.05) is 59.3 Å². The first-order chi connectivity index (χ1) is 14.2. The third-order valence-corrected chi connectivity index (χ3v) is 5.63. The molecule has 1 saturated heterocycles. The van der Waals surface area contributed by atoms with Crippen molar-refractivity contribution >= 4 is 17.2 Å². The number of carbonyl (C=O) groups excluding carboxylic acids is 1. The van der Waals surface area contributed by atoms with Gasteiger partial charge in [-0.1, -0.05) is 13.0 Å². The van der Waals surface area contributed by atoms with E-state index in [4.69, 9.17) is 4.74 Å². The largest absolute Gasteiger partial charge is 0.487 e. The molecule has 0 spiro atoms. The molecule has 0 aliphatic carbocycles. The average molecular weight is 393 g/mol. The fourth-order valence-corrected chi connectivity index (χ4v) is 3.93. The first-order valence-corrected chi connectivity index (χ1v) is 10.3. The molecule has 2 aromatic heterocycles. The molecule has 1 aromatic carbocycles. The minimum Gasteiger partial charge on any atom is -0.487 e. The second kappa shape index (κ2) is 9.09. The van der Waals surface area contributed by atoms with E-state index in [0.717, 1.165) is 48.7 Å². The summed E-state index contributed by atoms with van der Waals surface area (Å²) in [6, 6.07) is 13.4. The molecule has 29 heavy (non-hydrogen) atoms. The van der Waals surface area contributed by atoms with Crippen LogP contribution in [-0.2, 0) is 11.4 Å². The quantitative estimate of drug-likeness (QED) is 0.640. The maximum absolute atomic E-state index is 12.4. The molecule has 0 radical (unpaired) electrons. The van der Waals surface area contributed by atoms with Crippen molar-refractivity contribution in [3.63, 3.8) is 0 Å². The molecule has 4 rings (SSSR count). The molecule has 0 bridgehead atoms. The first-order valence-electron chi connectivity index (χ1n) is 10.3. The summed E-state index contributed by atoms with van der Waals surface area (Å²) in [5.41, 5.74) is 2.58. The van der Waals surface area contributed by atoms with E-state index >= 15 is 0 Å². The van der Waals surface area contributed by atoms with Gasteiger partial charge < -0.3 is 19.8 Å². The van der Waals surface area contributed by atoms with Crippen molar-refractivity contribution in [1.82, 2.24) is 14.7 Å². The van der Waals surface area contributed by atoms with Crippen LogP contribution < -0.4 is 15.4 Å². The number of piperidine rings is 1. The van der Waals surface area contributed by atoms with Gasteiger partial charge in [0.1, 0.15) is 18.0 Å². The lowest BCUT2D eigenvalue weighted by Crippen LogP contribution is -2.32. The molecular formula is C23H28N4O2. The maximum atomic E-state index is 12.4. The molecule has 3 heterocycles. The lowest BCUT2D eigenvalue weighted by Gasteiger charge is -2.27. The number of benzene rings is 1. The third kappa shape index (κ3) is 5.15. The van der Waals surface area contributed by atoms with Crippen LogP contribution in [0.15, 0.2) is 54.9 Å². The highest BCUT2D eigenvalue weighted by Crippen LogP contribution is 2.25. The fourth-order valence-electron chi connectivity index (χ4n) is 3.93. The lowest BCUT2D eigenvalue weighted by molar-refractivity contribution is -0.117. The molecule has 6 heteroatoms. The first kappa shape index (κ1) is 19.5. The molecule has 6 nitrogen and oxygen atoms in total. The Kier molecular flexibility index (Phi) is 6.10. The number of hydrogen-bond acceptors (Lipinski definition) is 4. The normalized spacial score (nSPS) is 15.9. The van der Waals surface area contributed by atoms with Gasteiger partial charge in [-0.25, -0.2) is 4.98 Å². The molecule has 1 fully saturated rings. The molecule has 1 aliphatic heterocycles. The molecule has 152 valence electrons. The molecular weight excluding hydrogens is 364 g/mol. The number of carbonyl (C=O) groups is 1. The molecule has 1 atom stereocenters. The minimum absolute atomic E-state index is 0.0781. The van der Waals surface area contributed by atoms with Gasteiger partial charge in [0.05, 0.1) is 5.69 Å². The van der Waals surface area contributed by atoms with Crippen molar-refractivity contribution in [2.45, 2.75) is 32.8 Å². The number of aromatic nitrogens is 2. The van der Waals surface area contributed by atoms with E-state index in [1.54, 1.807) is 0 Å². The summed E-state index contributed by atoms with van der Waals surface area (Å²) >= 11 is 0. The number of fused-ring (bicyclic) bond motifs is 1. The smallest absolute Gasteiger partial charge is 0.224 e. The monoisotopic (exact) mass is 392 g/mol. The highest BCUT2D eigenvalue weighted by atomic mass is 16.5. The van der Waals surface area contributed by atoms with Crippen molar-refractivity contribution in [2.24, 2.45) is 11.8 Å². The summed E-state index contributed by atoms with van der Waals surface area (Å²) in [5, 5.41) is 6.38. The topological polar surface area (TPSA) is 67.7 Å². The van der Waals surface area contributed by atoms with Crippen molar-refractivity contribution < 1.29 is 9.53 Å². The zero-order chi connectivity index (χ0) is 20.1. The molecule has 1 amide bonds. The number of imidazole rings is 1. The summed E-state index contributed by atoms with van der Waals surface area (Å²) in [6.45, 7) is 4.72. The van der Waals surface area contributed by atoms with E-state index in [0.29, 0.717) is 24.9 Å². The average Bonchev–Trinajstić information content (AvgIpc) is 3.17. The van der Waals surface area contributed by atoms with Gasteiger partial charge in [-0.2, -0.15) is 0 Å². The molecule has 0 saturated carbocycles. The van der Waals surface area contributed by atoms with E-state index < -0.39 is 0 Å². The van der Waals surface area contributed by atoms with E-state index in [9.17, 15) is 4.79 Å². The van der Waals surface area contributed by atoms with Gasteiger partial charge in [0.25, 0.3) is 0 Å². The lowest BCUT2D eigenvalue weighted by atomic mass is 9.84. The van der Waals surface area contributed by atoms with Crippen LogP contribution in [0.3, 0.4) is 0 Å². The van der Waals surface area contributed by atoms with Crippen molar-refractivity contribution in [1.29, 1.82) is 0 Å². The summed E-state index contributed by atoms with van der Waals surface area (Å²) in [7, 11) is 0. The molecule has 1 aliphatic rings. The number of pyridine rings is 1. The van der Waals surface area contributed by atoms with E-state index in [2.05, 4.69) is 22.5 Å². The Bertz CT molecular complexity index is 912. The maximum Gasteiger partial charge on any atom is 0.224 e. The SMILES string of the molecule is CC(CC(=O)Nc1ccc(OCc2cn3ccccc3n2)cc1)C1CCNCC1. The molecule has 3 aromatic rings. The van der Waals surface area contributed by atoms with Crippen LogP contribution in [0.2, 0.25) is 0 Å². The summed E-state index contributed by atoms with van der Waals surface area (Å²) in [5.74, 6) is 1.88. The Morgan fingerprint density at radius 2 is 2.03 bits per heavy atom. The Morgan fingerprint density at radius 3 is 2.79 bits per heavy atom. The number of nitrogens with one attached hydrogen (secondary N) is 2. The van der Waals surface area contributed by atoms with Crippen LogP contribution in [0, 0.1) is 11.8 Å². The highest BCUT2D eigenvalue weighted by Gasteiger charge is 2.22. The second-order valence-electron chi connectivity index (χ2n) is 7.83. The zero-order valence-corrected chi connectivity index (χ0v) is 16.8. The Labute approximate surface area is 171 Å². The van der Waals surface area contributed by atoms with Crippen molar-refractivity contribution in [3.8, 4) is 5.75 Å². The standard InChI is InChI=1S/C23H28N4O2/c1-17(18-9-11-24-12-10-18)14-23(28)26-19-5-7-21(8-6-19)29-16-20-15-27-13-3-2-4-22(27)25-20/h2-8,13,15,17-18,24H,9-12,14,16H2,1H3,(H,26,28). The predicted octanol–water partition coefficient (Wildman–Crippen LogP) is 3.88. The van der Waals surface area contributed by atoms with Gasteiger partial charge in [0.2, 0.25) is 5.91 Å². The van der Waals surface area contributed by atoms with E-state index in [-0.39, 0.29) is 5.91 Å². The van der Waals surface area contributed by atoms with Crippen LogP contribution in [0.4, 0.5) is 5.69 Å². The number of nitrogens with zero attached hydrogens (tertiary/aromatic N) is 2. The second-order valence-corrected chi connectivity index (χ2v) is 7.83. The van der Waals surface area contributed by atoms with Gasteiger partial charge >= 0.3 is 0 Å². The highest BCUT2D eigenvalue weighted by molar-refractivity contribution is 5.90. The van der Waals surface area contributed by atoms with Crippen molar-refractivity contribution in [3.05, 3.63) is 60.6 Å². The number of ether oxygens (including phenoxy) is 1.